The molecule has 0 aliphatic rings. The lowest BCUT2D eigenvalue weighted by Gasteiger charge is -2.18. The molecule has 0 aliphatic heterocycles. The second kappa shape index (κ2) is 8.45. The highest BCUT2D eigenvalue weighted by molar-refractivity contribution is 9.10. The van der Waals surface area contributed by atoms with Crippen LogP contribution in [-0.2, 0) is 9.53 Å². The molecule has 0 amide bonds. The Labute approximate surface area is 155 Å². The Bertz CT molecular complexity index is 840. The van der Waals surface area contributed by atoms with Gasteiger partial charge < -0.3 is 4.74 Å². The molecule has 124 valence electrons. The molecule has 1 unspecified atom stereocenters. The number of hydrogen-bond donors (Lipinski definition) is 0. The summed E-state index contributed by atoms with van der Waals surface area (Å²) in [6.07, 6.45) is 2.78. The summed E-state index contributed by atoms with van der Waals surface area (Å²) in [7, 11) is 0. The van der Waals surface area contributed by atoms with Gasteiger partial charge in [-0.3, -0.25) is 0 Å². The minimum atomic E-state index is -0.442. The van der Waals surface area contributed by atoms with E-state index in [-0.39, 0.29) is 5.97 Å². The lowest BCUT2D eigenvalue weighted by molar-refractivity contribution is -0.141. The summed E-state index contributed by atoms with van der Waals surface area (Å²) in [6, 6.07) is 27.2. The van der Waals surface area contributed by atoms with Gasteiger partial charge in [0.1, 0.15) is 0 Å². The van der Waals surface area contributed by atoms with Gasteiger partial charge >= 0.3 is 5.97 Å². The van der Waals surface area contributed by atoms with Gasteiger partial charge in [0.15, 0.2) is 6.10 Å². The average molecular weight is 393 g/mol. The van der Waals surface area contributed by atoms with Crippen molar-refractivity contribution in [2.45, 2.75) is 6.10 Å². The average Bonchev–Trinajstić information content (AvgIpc) is 2.67. The maximum Gasteiger partial charge on any atom is 0.331 e. The van der Waals surface area contributed by atoms with Gasteiger partial charge in [0.25, 0.3) is 0 Å². The molecule has 0 spiro atoms. The van der Waals surface area contributed by atoms with Crippen LogP contribution in [0.4, 0.5) is 0 Å². The summed E-state index contributed by atoms with van der Waals surface area (Å²) in [4.78, 5) is 12.3. The van der Waals surface area contributed by atoms with Crippen LogP contribution in [0.2, 0.25) is 0 Å². The Morgan fingerprint density at radius 2 is 1.36 bits per heavy atom. The number of ether oxygens (including phenoxy) is 1. The van der Waals surface area contributed by atoms with Crippen molar-refractivity contribution in [3.05, 3.63) is 112 Å². The first kappa shape index (κ1) is 17.2. The second-order valence-electron chi connectivity index (χ2n) is 5.52. The summed E-state index contributed by atoms with van der Waals surface area (Å²) in [5, 5.41) is 0. The molecule has 3 rings (SSSR count). The third-order valence-corrected chi connectivity index (χ3v) is 4.25. The third-order valence-electron chi connectivity index (χ3n) is 3.72. The Balaban J connectivity index is 1.81. The van der Waals surface area contributed by atoms with Gasteiger partial charge in [0, 0.05) is 10.5 Å². The van der Waals surface area contributed by atoms with Crippen LogP contribution in [0.3, 0.4) is 0 Å². The smallest absolute Gasteiger partial charge is 0.331 e. The van der Waals surface area contributed by atoms with Crippen molar-refractivity contribution in [3.8, 4) is 0 Å². The molecular weight excluding hydrogens is 376 g/mol. The van der Waals surface area contributed by atoms with Gasteiger partial charge in [0.2, 0.25) is 0 Å². The summed E-state index contributed by atoms with van der Waals surface area (Å²) < 4.78 is 6.73. The summed E-state index contributed by atoms with van der Waals surface area (Å²) in [5.41, 5.74) is 2.82. The zero-order valence-corrected chi connectivity index (χ0v) is 15.1. The van der Waals surface area contributed by atoms with E-state index in [1.807, 2.05) is 84.9 Å². The van der Waals surface area contributed by atoms with Crippen molar-refractivity contribution >= 4 is 28.0 Å². The van der Waals surface area contributed by atoms with Crippen molar-refractivity contribution in [2.24, 2.45) is 0 Å². The molecule has 0 saturated carbocycles. The third kappa shape index (κ3) is 4.91. The molecular formula is C22H17BrO2. The monoisotopic (exact) mass is 392 g/mol. The summed E-state index contributed by atoms with van der Waals surface area (Å²) in [5.74, 6) is -0.374. The maximum atomic E-state index is 12.3. The minimum Gasteiger partial charge on any atom is -0.449 e. The van der Waals surface area contributed by atoms with E-state index in [1.165, 1.54) is 6.08 Å². The first-order valence-electron chi connectivity index (χ1n) is 7.96. The second-order valence-corrected chi connectivity index (χ2v) is 6.44. The fourth-order valence-corrected chi connectivity index (χ4v) is 2.74. The first-order valence-corrected chi connectivity index (χ1v) is 8.76. The number of carbonyl (C=O) groups is 1. The normalized spacial score (nSPS) is 12.0. The van der Waals surface area contributed by atoms with Crippen molar-refractivity contribution in [3.63, 3.8) is 0 Å². The zero-order valence-electron chi connectivity index (χ0n) is 13.5. The maximum absolute atomic E-state index is 12.3. The van der Waals surface area contributed by atoms with Crippen molar-refractivity contribution < 1.29 is 9.53 Å². The standard InChI is InChI=1S/C22H17BrO2/c23-20-14-12-19(13-15-20)22(18-9-5-2-6-10-18)25-21(24)16-11-17-7-3-1-4-8-17/h1-16,22H/b16-11+. The molecule has 25 heavy (non-hydrogen) atoms. The predicted molar refractivity (Wildman–Crippen MR) is 104 cm³/mol. The lowest BCUT2D eigenvalue weighted by atomic mass is 10.0. The van der Waals surface area contributed by atoms with E-state index in [0.717, 1.165) is 21.2 Å². The van der Waals surface area contributed by atoms with Crippen LogP contribution >= 0.6 is 15.9 Å². The molecule has 0 N–H and O–H groups in total. The van der Waals surface area contributed by atoms with Crippen LogP contribution in [0, 0.1) is 0 Å². The van der Waals surface area contributed by atoms with Crippen molar-refractivity contribution in [1.82, 2.24) is 0 Å². The van der Waals surface area contributed by atoms with E-state index in [0.29, 0.717) is 0 Å². The van der Waals surface area contributed by atoms with Gasteiger partial charge in [-0.2, -0.15) is 0 Å². The number of esters is 1. The highest BCUT2D eigenvalue weighted by Gasteiger charge is 2.17. The van der Waals surface area contributed by atoms with E-state index in [9.17, 15) is 4.79 Å². The SMILES string of the molecule is O=C(/C=C/c1ccccc1)OC(c1ccccc1)c1ccc(Br)cc1. The molecule has 3 aromatic rings. The number of rotatable bonds is 5. The van der Waals surface area contributed by atoms with Gasteiger partial charge in [-0.1, -0.05) is 88.7 Å². The predicted octanol–water partition coefficient (Wildman–Crippen LogP) is 5.80. The molecule has 0 aromatic heterocycles. The lowest BCUT2D eigenvalue weighted by Crippen LogP contribution is -2.10. The zero-order chi connectivity index (χ0) is 17.5. The Morgan fingerprint density at radius 1 is 0.800 bits per heavy atom. The van der Waals surface area contributed by atoms with Crippen LogP contribution in [0.5, 0.6) is 0 Å². The van der Waals surface area contributed by atoms with Gasteiger partial charge in [-0.15, -0.1) is 0 Å². The number of benzene rings is 3. The molecule has 3 heteroatoms. The molecule has 0 fully saturated rings. The summed E-state index contributed by atoms with van der Waals surface area (Å²) >= 11 is 3.43. The van der Waals surface area contributed by atoms with Gasteiger partial charge in [-0.25, -0.2) is 4.79 Å². The highest BCUT2D eigenvalue weighted by Crippen LogP contribution is 2.27. The molecule has 2 nitrogen and oxygen atoms in total. The first-order chi connectivity index (χ1) is 12.2. The van der Waals surface area contributed by atoms with Crippen molar-refractivity contribution in [1.29, 1.82) is 0 Å². The van der Waals surface area contributed by atoms with E-state index < -0.39 is 6.10 Å². The van der Waals surface area contributed by atoms with E-state index in [1.54, 1.807) is 6.08 Å². The molecule has 0 aliphatic carbocycles. The van der Waals surface area contributed by atoms with Crippen LogP contribution < -0.4 is 0 Å². The molecule has 1 atom stereocenters. The molecule has 0 radical (unpaired) electrons. The highest BCUT2D eigenvalue weighted by atomic mass is 79.9. The largest absolute Gasteiger partial charge is 0.449 e. The van der Waals surface area contributed by atoms with Crippen LogP contribution in [-0.4, -0.2) is 5.97 Å². The van der Waals surface area contributed by atoms with Crippen molar-refractivity contribution in [2.75, 3.05) is 0 Å². The van der Waals surface area contributed by atoms with E-state index in [2.05, 4.69) is 15.9 Å². The fraction of sp³-hybridized carbons (Fsp3) is 0.0455. The van der Waals surface area contributed by atoms with E-state index in [4.69, 9.17) is 4.74 Å². The Kier molecular flexibility index (Phi) is 5.81. The van der Waals surface area contributed by atoms with E-state index >= 15 is 0 Å². The number of hydrogen-bond acceptors (Lipinski definition) is 2. The molecule has 0 bridgehead atoms. The van der Waals surface area contributed by atoms with Crippen LogP contribution in [0.25, 0.3) is 6.08 Å². The van der Waals surface area contributed by atoms with Gasteiger partial charge in [0.05, 0.1) is 0 Å². The molecule has 0 heterocycles. The van der Waals surface area contributed by atoms with Gasteiger partial charge in [-0.05, 0) is 34.9 Å². The summed E-state index contributed by atoms with van der Waals surface area (Å²) in [6.45, 7) is 0. The number of carbonyl (C=O) groups excluding carboxylic acids is 1. The molecule has 0 saturated heterocycles. The topological polar surface area (TPSA) is 26.3 Å². The quantitative estimate of drug-likeness (QED) is 0.405. The van der Waals surface area contributed by atoms with Crippen LogP contribution in [0.1, 0.15) is 22.8 Å². The van der Waals surface area contributed by atoms with Crippen LogP contribution in [0.15, 0.2) is 95.5 Å². The molecule has 3 aromatic carbocycles. The Hall–Kier alpha value is -2.65. The minimum absolute atomic E-state index is 0.374. The fourth-order valence-electron chi connectivity index (χ4n) is 2.48. The number of halogens is 1. The Morgan fingerprint density at radius 3 is 2.00 bits per heavy atom.